The smallest absolute Gasteiger partial charge is 0.226 e. The predicted molar refractivity (Wildman–Crippen MR) is 60.0 cm³/mol. The molecule has 1 saturated carbocycles. The minimum atomic E-state index is 0.160. The van der Waals surface area contributed by atoms with Gasteiger partial charge in [0.15, 0.2) is 0 Å². The summed E-state index contributed by atoms with van der Waals surface area (Å²) < 4.78 is 0.718. The van der Waals surface area contributed by atoms with E-state index in [-0.39, 0.29) is 5.54 Å². The monoisotopic (exact) mass is 256 g/mol. The van der Waals surface area contributed by atoms with E-state index in [1.807, 2.05) is 0 Å². The summed E-state index contributed by atoms with van der Waals surface area (Å²) in [7, 11) is 0. The molecule has 1 heterocycles. The molecule has 0 aromatic carbocycles. The van der Waals surface area contributed by atoms with Crippen LogP contribution in [0.2, 0.25) is 0 Å². The van der Waals surface area contributed by atoms with Crippen LogP contribution in [0, 0.1) is 0 Å². The van der Waals surface area contributed by atoms with Crippen molar-refractivity contribution >= 4 is 27.7 Å². The second kappa shape index (κ2) is 3.38. The molecule has 2 rings (SSSR count). The minimum absolute atomic E-state index is 0.160. The highest BCUT2D eigenvalue weighted by Crippen LogP contribution is 2.34. The molecule has 0 spiro atoms. The van der Waals surface area contributed by atoms with Crippen LogP contribution < -0.4 is 11.1 Å². The van der Waals surface area contributed by atoms with Crippen LogP contribution in [0.3, 0.4) is 0 Å². The molecule has 76 valence electrons. The van der Waals surface area contributed by atoms with Crippen molar-refractivity contribution in [3.63, 3.8) is 0 Å². The number of hydrogen-bond donors (Lipinski definition) is 2. The van der Waals surface area contributed by atoms with Crippen molar-refractivity contribution in [2.24, 2.45) is 0 Å². The van der Waals surface area contributed by atoms with Gasteiger partial charge >= 0.3 is 0 Å². The number of aromatic nitrogens is 2. The Kier molecular flexibility index (Phi) is 2.34. The fourth-order valence-corrected chi connectivity index (χ4v) is 2.00. The first-order chi connectivity index (χ1) is 6.57. The largest absolute Gasteiger partial charge is 0.383 e. The van der Waals surface area contributed by atoms with Gasteiger partial charge in [0.1, 0.15) is 10.4 Å². The van der Waals surface area contributed by atoms with E-state index < -0.39 is 0 Å². The summed E-state index contributed by atoms with van der Waals surface area (Å²) in [5.74, 6) is 1.09. The summed E-state index contributed by atoms with van der Waals surface area (Å²) in [6, 6.07) is 1.69. The highest BCUT2D eigenvalue weighted by Gasteiger charge is 2.32. The maximum Gasteiger partial charge on any atom is 0.226 e. The van der Waals surface area contributed by atoms with Crippen LogP contribution >= 0.6 is 15.9 Å². The first-order valence-electron chi connectivity index (χ1n) is 4.66. The van der Waals surface area contributed by atoms with Gasteiger partial charge in [0.05, 0.1) is 0 Å². The van der Waals surface area contributed by atoms with E-state index in [0.29, 0.717) is 11.8 Å². The number of hydrogen-bond acceptors (Lipinski definition) is 4. The molecule has 1 aromatic rings. The fraction of sp³-hybridized carbons (Fsp3) is 0.556. The van der Waals surface area contributed by atoms with Crippen LogP contribution in [0.25, 0.3) is 0 Å². The lowest BCUT2D eigenvalue weighted by molar-refractivity contribution is 0.305. The molecule has 14 heavy (non-hydrogen) atoms. The van der Waals surface area contributed by atoms with Crippen molar-refractivity contribution in [3.05, 3.63) is 10.7 Å². The molecular weight excluding hydrogens is 244 g/mol. The van der Waals surface area contributed by atoms with Crippen LogP contribution in [-0.4, -0.2) is 15.5 Å². The highest BCUT2D eigenvalue weighted by atomic mass is 79.9. The second-order valence-corrected chi connectivity index (χ2v) is 4.79. The number of anilines is 2. The van der Waals surface area contributed by atoms with Crippen molar-refractivity contribution in [2.45, 2.75) is 31.7 Å². The van der Waals surface area contributed by atoms with Gasteiger partial charge in [-0.1, -0.05) is 0 Å². The summed E-state index contributed by atoms with van der Waals surface area (Å²) in [5.41, 5.74) is 5.78. The van der Waals surface area contributed by atoms with Gasteiger partial charge in [-0.25, -0.2) is 4.98 Å². The maximum atomic E-state index is 5.62. The quantitative estimate of drug-likeness (QED) is 0.797. The SMILES string of the molecule is CC1(Nc2nc(N)cc(Br)n2)CCC1. The first kappa shape index (κ1) is 9.71. The predicted octanol–water partition coefficient (Wildman–Crippen LogP) is 2.18. The third-order valence-corrected chi connectivity index (χ3v) is 2.99. The molecule has 1 aromatic heterocycles. The van der Waals surface area contributed by atoms with Crippen LogP contribution in [0.5, 0.6) is 0 Å². The van der Waals surface area contributed by atoms with E-state index in [0.717, 1.165) is 4.60 Å². The van der Waals surface area contributed by atoms with Crippen molar-refractivity contribution < 1.29 is 0 Å². The molecule has 0 unspecified atom stereocenters. The summed E-state index contributed by atoms with van der Waals surface area (Å²) >= 11 is 3.29. The van der Waals surface area contributed by atoms with Gasteiger partial charge in [0, 0.05) is 11.6 Å². The molecule has 1 aliphatic carbocycles. The van der Waals surface area contributed by atoms with E-state index in [1.165, 1.54) is 19.3 Å². The molecule has 0 atom stereocenters. The molecule has 0 amide bonds. The van der Waals surface area contributed by atoms with Crippen LogP contribution in [0.1, 0.15) is 26.2 Å². The first-order valence-corrected chi connectivity index (χ1v) is 5.45. The van der Waals surface area contributed by atoms with Crippen LogP contribution in [-0.2, 0) is 0 Å². The third-order valence-electron chi connectivity index (χ3n) is 2.59. The van der Waals surface area contributed by atoms with E-state index in [9.17, 15) is 0 Å². The van der Waals surface area contributed by atoms with Gasteiger partial charge < -0.3 is 11.1 Å². The van der Waals surface area contributed by atoms with E-state index in [1.54, 1.807) is 6.07 Å². The molecule has 1 fully saturated rings. The number of nitrogens with two attached hydrogens (primary N) is 1. The second-order valence-electron chi connectivity index (χ2n) is 3.98. The van der Waals surface area contributed by atoms with Gasteiger partial charge in [-0.3, -0.25) is 0 Å². The van der Waals surface area contributed by atoms with E-state index >= 15 is 0 Å². The van der Waals surface area contributed by atoms with Crippen LogP contribution in [0.4, 0.5) is 11.8 Å². The number of nitrogens with one attached hydrogen (secondary N) is 1. The van der Waals surface area contributed by atoms with Gasteiger partial charge in [0.25, 0.3) is 0 Å². The standard InChI is InChI=1S/C9H13BrN4/c1-9(3-2-4-9)14-8-12-6(10)5-7(11)13-8/h5H,2-4H2,1H3,(H3,11,12,13,14). The minimum Gasteiger partial charge on any atom is -0.383 e. The Morgan fingerprint density at radius 1 is 1.50 bits per heavy atom. The molecular formula is C9H13BrN4. The number of halogens is 1. The van der Waals surface area contributed by atoms with Crippen molar-refractivity contribution in [1.29, 1.82) is 0 Å². The average molecular weight is 257 g/mol. The summed E-state index contributed by atoms with van der Waals surface area (Å²) in [5, 5.41) is 3.30. The zero-order valence-corrected chi connectivity index (χ0v) is 9.63. The summed E-state index contributed by atoms with van der Waals surface area (Å²) in [4.78, 5) is 8.34. The van der Waals surface area contributed by atoms with E-state index in [2.05, 4.69) is 38.1 Å². The Bertz CT molecular complexity index is 328. The summed E-state index contributed by atoms with van der Waals surface area (Å²) in [6.07, 6.45) is 3.61. The lowest BCUT2D eigenvalue weighted by Gasteiger charge is -2.39. The topological polar surface area (TPSA) is 63.8 Å². The molecule has 3 N–H and O–H groups in total. The van der Waals surface area contributed by atoms with Gasteiger partial charge in [-0.15, -0.1) is 0 Å². The van der Waals surface area contributed by atoms with Gasteiger partial charge in [0.2, 0.25) is 5.95 Å². The zero-order valence-electron chi connectivity index (χ0n) is 8.05. The number of nitrogen functional groups attached to an aromatic ring is 1. The fourth-order valence-electron chi connectivity index (χ4n) is 1.59. The molecule has 0 bridgehead atoms. The Morgan fingerprint density at radius 2 is 2.21 bits per heavy atom. The Labute approximate surface area is 91.4 Å². The van der Waals surface area contributed by atoms with Crippen molar-refractivity contribution in [2.75, 3.05) is 11.1 Å². The lowest BCUT2D eigenvalue weighted by atomic mass is 9.79. The maximum absolute atomic E-state index is 5.62. The Balaban J connectivity index is 2.16. The Morgan fingerprint density at radius 3 is 2.71 bits per heavy atom. The molecule has 0 saturated heterocycles. The number of nitrogens with zero attached hydrogens (tertiary/aromatic N) is 2. The average Bonchev–Trinajstić information content (AvgIpc) is 1.99. The normalized spacial score (nSPS) is 18.7. The molecule has 4 nitrogen and oxygen atoms in total. The van der Waals surface area contributed by atoms with Crippen molar-refractivity contribution in [1.82, 2.24) is 9.97 Å². The molecule has 1 aliphatic rings. The summed E-state index contributed by atoms with van der Waals surface area (Å²) in [6.45, 7) is 2.18. The van der Waals surface area contributed by atoms with E-state index in [4.69, 9.17) is 5.73 Å². The highest BCUT2D eigenvalue weighted by molar-refractivity contribution is 9.10. The van der Waals surface area contributed by atoms with Crippen molar-refractivity contribution in [3.8, 4) is 0 Å². The third kappa shape index (κ3) is 1.97. The number of rotatable bonds is 2. The van der Waals surface area contributed by atoms with Gasteiger partial charge in [-0.05, 0) is 42.1 Å². The van der Waals surface area contributed by atoms with Crippen LogP contribution in [0.15, 0.2) is 10.7 Å². The van der Waals surface area contributed by atoms with Gasteiger partial charge in [-0.2, -0.15) is 4.98 Å². The molecule has 5 heteroatoms. The molecule has 0 aliphatic heterocycles. The lowest BCUT2D eigenvalue weighted by Crippen LogP contribution is -2.42. The zero-order chi connectivity index (χ0) is 10.2. The molecule has 0 radical (unpaired) electrons. The Hall–Kier alpha value is -0.840.